The first-order chi connectivity index (χ1) is 12.1. The maximum atomic E-state index is 12.5. The number of amides is 1. The highest BCUT2D eigenvalue weighted by Crippen LogP contribution is 2.23. The van der Waals surface area contributed by atoms with Crippen molar-refractivity contribution in [1.82, 2.24) is 0 Å². The molecule has 0 radical (unpaired) electrons. The number of hydrogen-bond acceptors (Lipinski definition) is 5. The lowest BCUT2D eigenvalue weighted by atomic mass is 10.1. The predicted octanol–water partition coefficient (Wildman–Crippen LogP) is 3.67. The Hall–Kier alpha value is -3.38. The number of anilines is 2. The van der Waals surface area contributed by atoms with E-state index in [9.17, 15) is 14.8 Å². The fraction of sp³-hybridized carbons (Fsp3) is 0.0526. The minimum absolute atomic E-state index is 0.0275. The van der Waals surface area contributed by atoms with Crippen molar-refractivity contribution in [2.75, 3.05) is 10.8 Å². The zero-order chi connectivity index (χ0) is 17.8. The van der Waals surface area contributed by atoms with Gasteiger partial charge in [0.1, 0.15) is 5.76 Å². The van der Waals surface area contributed by atoms with E-state index in [4.69, 9.17) is 4.42 Å². The second-order valence-corrected chi connectivity index (χ2v) is 5.49. The summed E-state index contributed by atoms with van der Waals surface area (Å²) in [6, 6.07) is 17.5. The van der Waals surface area contributed by atoms with Gasteiger partial charge in [-0.15, -0.1) is 0 Å². The van der Waals surface area contributed by atoms with Crippen molar-refractivity contribution >= 4 is 17.3 Å². The molecule has 0 bridgehead atoms. The largest absolute Gasteiger partial charge is 0.422 e. The van der Waals surface area contributed by atoms with Crippen LogP contribution in [-0.2, 0) is 0 Å². The Balaban J connectivity index is 1.99. The molecule has 0 atom stereocenters. The lowest BCUT2D eigenvalue weighted by Crippen LogP contribution is -2.23. The molecule has 1 aromatic heterocycles. The highest BCUT2D eigenvalue weighted by molar-refractivity contribution is 6.07. The van der Waals surface area contributed by atoms with E-state index in [0.717, 1.165) is 5.56 Å². The molecule has 3 rings (SSSR count). The van der Waals surface area contributed by atoms with Crippen LogP contribution in [0.4, 0.5) is 11.4 Å². The van der Waals surface area contributed by atoms with E-state index in [0.29, 0.717) is 11.3 Å². The van der Waals surface area contributed by atoms with Crippen molar-refractivity contribution in [3.63, 3.8) is 0 Å². The summed E-state index contributed by atoms with van der Waals surface area (Å²) in [6.07, 6.45) is 0. The third-order valence-corrected chi connectivity index (χ3v) is 3.63. The van der Waals surface area contributed by atoms with Crippen molar-refractivity contribution in [2.24, 2.45) is 0 Å². The third-order valence-electron chi connectivity index (χ3n) is 3.63. The lowest BCUT2D eigenvalue weighted by molar-refractivity contribution is 0.102. The fourth-order valence-corrected chi connectivity index (χ4v) is 2.46. The second-order valence-electron chi connectivity index (χ2n) is 5.49. The average Bonchev–Trinajstić information content (AvgIpc) is 2.61. The van der Waals surface area contributed by atoms with E-state index in [1.165, 1.54) is 6.07 Å². The maximum Gasteiger partial charge on any atom is 0.351 e. The first-order valence-electron chi connectivity index (χ1n) is 7.60. The summed E-state index contributed by atoms with van der Waals surface area (Å²) in [5.41, 5.74) is 2.89. The van der Waals surface area contributed by atoms with Gasteiger partial charge in [0.05, 0.1) is 5.69 Å². The molecular weight excluding hydrogens is 320 g/mol. The highest BCUT2D eigenvalue weighted by atomic mass is 16.5. The van der Waals surface area contributed by atoms with E-state index in [2.05, 4.69) is 5.32 Å². The normalized spacial score (nSPS) is 10.3. The maximum absolute atomic E-state index is 12.5. The molecule has 1 heterocycles. The molecule has 6 nitrogen and oxygen atoms in total. The van der Waals surface area contributed by atoms with Crippen LogP contribution in [0, 0.1) is 6.92 Å². The minimum Gasteiger partial charge on any atom is -0.422 e. The Labute approximate surface area is 143 Å². The average molecular weight is 336 g/mol. The molecule has 0 fully saturated rings. The summed E-state index contributed by atoms with van der Waals surface area (Å²) >= 11 is 0. The Kier molecular flexibility index (Phi) is 4.63. The van der Waals surface area contributed by atoms with Crippen LogP contribution in [0.5, 0.6) is 0 Å². The van der Waals surface area contributed by atoms with Crippen LogP contribution in [0.2, 0.25) is 0 Å². The van der Waals surface area contributed by atoms with Crippen molar-refractivity contribution in [3.8, 4) is 11.3 Å². The Morgan fingerprint density at radius 1 is 1.04 bits per heavy atom. The second kappa shape index (κ2) is 7.02. The van der Waals surface area contributed by atoms with Crippen molar-refractivity contribution in [2.45, 2.75) is 6.92 Å². The van der Waals surface area contributed by atoms with Gasteiger partial charge in [0, 0.05) is 17.3 Å². The zero-order valence-corrected chi connectivity index (χ0v) is 13.4. The summed E-state index contributed by atoms with van der Waals surface area (Å²) in [5.74, 6) is -0.426. The monoisotopic (exact) mass is 336 g/mol. The number of carbonyl (C=O) groups is 1. The molecule has 126 valence electrons. The van der Waals surface area contributed by atoms with Gasteiger partial charge in [0.2, 0.25) is 0 Å². The molecule has 0 aliphatic heterocycles. The first-order valence-corrected chi connectivity index (χ1v) is 7.60. The number of aryl methyl sites for hydroxylation is 1. The number of carbonyl (C=O) groups excluding carboxylic acids is 1. The van der Waals surface area contributed by atoms with Crippen molar-refractivity contribution < 1.29 is 14.4 Å². The Bertz CT molecular complexity index is 965. The molecule has 0 spiro atoms. The zero-order valence-electron chi connectivity index (χ0n) is 13.4. The molecular formula is C19H16N2O4. The smallest absolute Gasteiger partial charge is 0.351 e. The summed E-state index contributed by atoms with van der Waals surface area (Å²) in [7, 11) is 0. The standard InChI is InChI=1S/C19H16N2O4/c1-12-6-5-9-14(10-12)20-18(22)17-15(21-24)11-16(25-19(17)23)13-7-3-2-4-8-13/h2-11,21,24H,1H3,(H,20,22). The van der Waals surface area contributed by atoms with Gasteiger partial charge < -0.3 is 9.73 Å². The number of benzene rings is 2. The lowest BCUT2D eigenvalue weighted by Gasteiger charge is -2.10. The SMILES string of the molecule is Cc1cccc(NC(=O)c2c(NO)cc(-c3ccccc3)oc2=O)c1. The van der Waals surface area contributed by atoms with Crippen LogP contribution in [0.15, 0.2) is 69.9 Å². The van der Waals surface area contributed by atoms with Crippen LogP contribution in [0.25, 0.3) is 11.3 Å². The van der Waals surface area contributed by atoms with Gasteiger partial charge in [-0.25, -0.2) is 4.79 Å². The molecule has 1 amide bonds. The van der Waals surface area contributed by atoms with Crippen LogP contribution in [0.3, 0.4) is 0 Å². The molecule has 0 saturated heterocycles. The third kappa shape index (κ3) is 3.59. The van der Waals surface area contributed by atoms with Crippen molar-refractivity contribution in [1.29, 1.82) is 0 Å². The number of hydrogen-bond donors (Lipinski definition) is 3. The quantitative estimate of drug-likeness (QED) is 0.632. The molecule has 0 aliphatic rings. The van der Waals surface area contributed by atoms with Gasteiger partial charge in [0.25, 0.3) is 5.91 Å². The highest BCUT2D eigenvalue weighted by Gasteiger charge is 2.20. The molecule has 0 aliphatic carbocycles. The van der Waals surface area contributed by atoms with Gasteiger partial charge in [-0.1, -0.05) is 42.5 Å². The van der Waals surface area contributed by atoms with Gasteiger partial charge in [0.15, 0.2) is 5.56 Å². The van der Waals surface area contributed by atoms with E-state index in [1.807, 2.05) is 24.5 Å². The van der Waals surface area contributed by atoms with Gasteiger partial charge in [-0.2, -0.15) is 0 Å². The Morgan fingerprint density at radius 3 is 2.48 bits per heavy atom. The minimum atomic E-state index is -0.844. The van der Waals surface area contributed by atoms with E-state index in [-0.39, 0.29) is 17.0 Å². The van der Waals surface area contributed by atoms with Crippen molar-refractivity contribution in [3.05, 3.63) is 82.2 Å². The molecule has 2 aromatic carbocycles. The first kappa shape index (κ1) is 16.5. The van der Waals surface area contributed by atoms with Gasteiger partial charge >= 0.3 is 5.63 Å². The summed E-state index contributed by atoms with van der Waals surface area (Å²) in [4.78, 5) is 24.8. The molecule has 25 heavy (non-hydrogen) atoms. The topological polar surface area (TPSA) is 91.6 Å². The number of nitrogens with one attached hydrogen (secondary N) is 2. The molecule has 0 unspecified atom stereocenters. The van der Waals surface area contributed by atoms with Crippen LogP contribution >= 0.6 is 0 Å². The van der Waals surface area contributed by atoms with Crippen LogP contribution < -0.4 is 16.4 Å². The summed E-state index contributed by atoms with van der Waals surface area (Å²) in [6.45, 7) is 1.89. The molecule has 3 N–H and O–H groups in total. The molecule has 6 heteroatoms. The predicted molar refractivity (Wildman–Crippen MR) is 95.0 cm³/mol. The van der Waals surface area contributed by atoms with Gasteiger partial charge in [-0.05, 0) is 24.6 Å². The van der Waals surface area contributed by atoms with E-state index in [1.54, 1.807) is 42.5 Å². The van der Waals surface area contributed by atoms with E-state index < -0.39 is 11.5 Å². The van der Waals surface area contributed by atoms with Crippen LogP contribution in [0.1, 0.15) is 15.9 Å². The van der Waals surface area contributed by atoms with Gasteiger partial charge in [-0.3, -0.25) is 15.5 Å². The summed E-state index contributed by atoms with van der Waals surface area (Å²) < 4.78 is 5.25. The van der Waals surface area contributed by atoms with E-state index >= 15 is 0 Å². The fourth-order valence-electron chi connectivity index (χ4n) is 2.46. The molecule has 0 saturated carbocycles. The van der Waals surface area contributed by atoms with Crippen LogP contribution in [-0.4, -0.2) is 11.1 Å². The number of rotatable bonds is 4. The Morgan fingerprint density at radius 2 is 1.80 bits per heavy atom. The summed E-state index contributed by atoms with van der Waals surface area (Å²) in [5, 5.41) is 12.0. The molecule has 3 aromatic rings.